The summed E-state index contributed by atoms with van der Waals surface area (Å²) in [5, 5.41) is 0. The average Bonchev–Trinajstić information content (AvgIpc) is 2.17. The molecule has 3 nitrogen and oxygen atoms in total. The second-order valence-corrected chi connectivity index (χ2v) is 4.35. The highest BCUT2D eigenvalue weighted by Gasteiger charge is 2.50. The molecule has 0 aromatic rings. The summed E-state index contributed by atoms with van der Waals surface area (Å²) >= 11 is 0. The summed E-state index contributed by atoms with van der Waals surface area (Å²) in [7, 11) is -0.218. The van der Waals surface area contributed by atoms with Crippen LogP contribution in [0.3, 0.4) is 0 Å². The molecule has 1 saturated heterocycles. The molecule has 0 unspecified atom stereocenters. The van der Waals surface area contributed by atoms with Crippen molar-refractivity contribution in [2.45, 2.75) is 45.8 Å². The minimum atomic E-state index is -0.241. The van der Waals surface area contributed by atoms with Gasteiger partial charge in [0.15, 0.2) is 0 Å². The normalized spacial score (nSPS) is 25.2. The van der Waals surface area contributed by atoms with Gasteiger partial charge in [0, 0.05) is 6.61 Å². The Morgan fingerprint density at radius 3 is 1.92 bits per heavy atom. The molecule has 13 heavy (non-hydrogen) atoms. The Labute approximate surface area is 80.9 Å². The molecule has 0 atom stereocenters. The summed E-state index contributed by atoms with van der Waals surface area (Å²) in [5.41, 5.74) is -0.483. The molecule has 1 aliphatic rings. The molecular formula is C9H19BO3. The molecule has 0 amide bonds. The van der Waals surface area contributed by atoms with Crippen molar-refractivity contribution in [1.82, 2.24) is 0 Å². The third-order valence-electron chi connectivity index (χ3n) is 2.76. The van der Waals surface area contributed by atoms with Gasteiger partial charge >= 0.3 is 7.12 Å². The highest BCUT2D eigenvalue weighted by Crippen LogP contribution is 2.36. The predicted octanol–water partition coefficient (Wildman–Crippen LogP) is 1.65. The van der Waals surface area contributed by atoms with Crippen molar-refractivity contribution in [3.63, 3.8) is 0 Å². The van der Waals surface area contributed by atoms with Crippen molar-refractivity contribution < 1.29 is 14.0 Å². The van der Waals surface area contributed by atoms with Gasteiger partial charge in [0.05, 0.1) is 17.7 Å². The molecule has 0 spiro atoms. The van der Waals surface area contributed by atoms with Crippen molar-refractivity contribution in [1.29, 1.82) is 0 Å². The molecule has 76 valence electrons. The van der Waals surface area contributed by atoms with Crippen LogP contribution in [0.1, 0.15) is 34.6 Å². The second kappa shape index (κ2) is 3.60. The van der Waals surface area contributed by atoms with Crippen LogP contribution in [0.2, 0.25) is 0 Å². The highest BCUT2D eigenvalue weighted by atomic mass is 16.7. The molecule has 0 aromatic carbocycles. The maximum absolute atomic E-state index is 5.72. The first-order valence-electron chi connectivity index (χ1n) is 4.82. The zero-order valence-electron chi connectivity index (χ0n) is 9.22. The van der Waals surface area contributed by atoms with Crippen LogP contribution < -0.4 is 0 Å². The Kier molecular flexibility index (Phi) is 3.05. The first-order valence-corrected chi connectivity index (χ1v) is 4.82. The van der Waals surface area contributed by atoms with E-state index < -0.39 is 0 Å². The average molecular weight is 186 g/mol. The van der Waals surface area contributed by atoms with E-state index in [4.69, 9.17) is 14.0 Å². The Morgan fingerprint density at radius 2 is 1.54 bits per heavy atom. The van der Waals surface area contributed by atoms with E-state index in [1.165, 1.54) is 0 Å². The third-order valence-corrected chi connectivity index (χ3v) is 2.76. The lowest BCUT2D eigenvalue weighted by Gasteiger charge is -2.32. The zero-order chi connectivity index (χ0) is 10.1. The summed E-state index contributed by atoms with van der Waals surface area (Å²) in [6.07, 6.45) is 0. The van der Waals surface area contributed by atoms with Crippen LogP contribution in [0.5, 0.6) is 0 Å². The van der Waals surface area contributed by atoms with Gasteiger partial charge in [-0.3, -0.25) is 0 Å². The third kappa shape index (κ3) is 2.24. The fourth-order valence-electron chi connectivity index (χ4n) is 1.25. The van der Waals surface area contributed by atoms with Crippen LogP contribution in [-0.4, -0.2) is 31.4 Å². The lowest BCUT2D eigenvalue weighted by atomic mass is 9.90. The molecule has 1 fully saturated rings. The van der Waals surface area contributed by atoms with Crippen molar-refractivity contribution in [3.05, 3.63) is 0 Å². The highest BCUT2D eigenvalue weighted by molar-refractivity contribution is 6.45. The van der Waals surface area contributed by atoms with Crippen LogP contribution >= 0.6 is 0 Å². The molecule has 0 saturated carbocycles. The first kappa shape index (κ1) is 11.0. The van der Waals surface area contributed by atoms with Gasteiger partial charge in [-0.2, -0.15) is 0 Å². The Morgan fingerprint density at radius 1 is 1.08 bits per heavy atom. The maximum Gasteiger partial charge on any atom is 0.485 e. The number of rotatable bonds is 3. The van der Waals surface area contributed by atoms with E-state index in [1.807, 2.05) is 34.6 Å². The minimum Gasteiger partial charge on any atom is -0.402 e. The molecule has 0 aliphatic carbocycles. The van der Waals surface area contributed by atoms with Gasteiger partial charge in [0.2, 0.25) is 0 Å². The number of hydrogen-bond donors (Lipinski definition) is 0. The van der Waals surface area contributed by atoms with Gasteiger partial charge < -0.3 is 14.0 Å². The molecule has 4 heteroatoms. The molecule has 0 aromatic heterocycles. The number of ether oxygens (including phenoxy) is 1. The van der Waals surface area contributed by atoms with Crippen LogP contribution in [-0.2, 0) is 14.0 Å². The lowest BCUT2D eigenvalue weighted by Crippen LogP contribution is -2.41. The van der Waals surface area contributed by atoms with E-state index in [-0.39, 0.29) is 18.3 Å². The SMILES string of the molecule is CCOCB1OC(C)(C)C(C)(C)O1. The molecule has 1 aliphatic heterocycles. The summed E-state index contributed by atoms with van der Waals surface area (Å²) in [6, 6.07) is 0. The largest absolute Gasteiger partial charge is 0.485 e. The van der Waals surface area contributed by atoms with Gasteiger partial charge in [-0.15, -0.1) is 0 Å². The van der Waals surface area contributed by atoms with Crippen LogP contribution in [0.4, 0.5) is 0 Å². The topological polar surface area (TPSA) is 27.7 Å². The van der Waals surface area contributed by atoms with Crippen molar-refractivity contribution in [3.8, 4) is 0 Å². The summed E-state index contributed by atoms with van der Waals surface area (Å²) < 4.78 is 16.7. The van der Waals surface area contributed by atoms with E-state index in [2.05, 4.69) is 0 Å². The predicted molar refractivity (Wildman–Crippen MR) is 52.6 cm³/mol. The molecule has 0 radical (unpaired) electrons. The Bertz CT molecular complexity index is 164. The maximum atomic E-state index is 5.72. The molecule has 0 bridgehead atoms. The summed E-state index contributed by atoms with van der Waals surface area (Å²) in [5.74, 6) is 0. The monoisotopic (exact) mass is 186 g/mol. The molecule has 0 N–H and O–H groups in total. The van der Waals surface area contributed by atoms with E-state index >= 15 is 0 Å². The zero-order valence-corrected chi connectivity index (χ0v) is 9.22. The van der Waals surface area contributed by atoms with E-state index in [1.54, 1.807) is 0 Å². The standard InChI is InChI=1S/C9H19BO3/c1-6-11-7-10-12-8(2,3)9(4,5)13-10/h6-7H2,1-5H3. The second-order valence-electron chi connectivity index (χ2n) is 4.35. The van der Waals surface area contributed by atoms with Crippen molar-refractivity contribution in [2.24, 2.45) is 0 Å². The van der Waals surface area contributed by atoms with Gasteiger partial charge in [-0.1, -0.05) is 0 Å². The van der Waals surface area contributed by atoms with Gasteiger partial charge in [0.1, 0.15) is 0 Å². The van der Waals surface area contributed by atoms with Gasteiger partial charge in [-0.25, -0.2) is 0 Å². The summed E-state index contributed by atoms with van der Waals surface area (Å²) in [4.78, 5) is 0. The fraction of sp³-hybridized carbons (Fsp3) is 1.00. The van der Waals surface area contributed by atoms with Crippen LogP contribution in [0.15, 0.2) is 0 Å². The van der Waals surface area contributed by atoms with Gasteiger partial charge in [0.25, 0.3) is 0 Å². The Hall–Kier alpha value is -0.0551. The van der Waals surface area contributed by atoms with E-state index in [9.17, 15) is 0 Å². The number of hydrogen-bond acceptors (Lipinski definition) is 3. The Balaban J connectivity index is 2.50. The molecular weight excluding hydrogens is 167 g/mol. The minimum absolute atomic E-state index is 0.218. The molecule has 1 heterocycles. The summed E-state index contributed by atoms with van der Waals surface area (Å²) in [6.45, 7) is 11.3. The van der Waals surface area contributed by atoms with Crippen molar-refractivity contribution in [2.75, 3.05) is 13.1 Å². The van der Waals surface area contributed by atoms with Crippen molar-refractivity contribution >= 4 is 7.12 Å². The quantitative estimate of drug-likeness (QED) is 0.627. The molecule has 1 rings (SSSR count). The lowest BCUT2D eigenvalue weighted by molar-refractivity contribution is 0.00578. The van der Waals surface area contributed by atoms with Crippen LogP contribution in [0.25, 0.3) is 0 Å². The smallest absolute Gasteiger partial charge is 0.402 e. The van der Waals surface area contributed by atoms with Gasteiger partial charge in [-0.05, 0) is 34.6 Å². The first-order chi connectivity index (χ1) is 5.89. The van der Waals surface area contributed by atoms with E-state index in [0.29, 0.717) is 13.1 Å². The van der Waals surface area contributed by atoms with E-state index in [0.717, 1.165) is 0 Å². The van der Waals surface area contributed by atoms with Crippen LogP contribution in [0, 0.1) is 0 Å². The fourth-order valence-corrected chi connectivity index (χ4v) is 1.25.